The normalized spacial score (nSPS) is 9.62. The van der Waals surface area contributed by atoms with Crippen LogP contribution < -0.4 is 9.47 Å². The standard InChI is InChI=1S/C22H18O5.C2H6/c1-16(23)25-15-26-20-11-9-19(10-12-20)22(24)27-21-13-7-18(8-14-21)17-5-3-2-4-6-17;1-2/h2-14H,15H2,1H3;1-2H3. The number of rotatable bonds is 6. The van der Waals surface area contributed by atoms with Gasteiger partial charge >= 0.3 is 11.9 Å². The molecule has 3 aromatic carbocycles. The van der Waals surface area contributed by atoms with Gasteiger partial charge in [-0.15, -0.1) is 0 Å². The van der Waals surface area contributed by atoms with Gasteiger partial charge < -0.3 is 14.2 Å². The molecule has 5 heteroatoms. The van der Waals surface area contributed by atoms with Gasteiger partial charge in [0.05, 0.1) is 5.56 Å². The lowest BCUT2D eigenvalue weighted by molar-refractivity contribution is -0.147. The first-order valence-corrected chi connectivity index (χ1v) is 9.36. The lowest BCUT2D eigenvalue weighted by atomic mass is 10.1. The van der Waals surface area contributed by atoms with Gasteiger partial charge in [0.1, 0.15) is 11.5 Å². The molecule has 0 unspecified atom stereocenters. The summed E-state index contributed by atoms with van der Waals surface area (Å²) in [7, 11) is 0. The topological polar surface area (TPSA) is 61.8 Å². The van der Waals surface area contributed by atoms with Crippen molar-refractivity contribution in [2.45, 2.75) is 20.8 Å². The van der Waals surface area contributed by atoms with Crippen LogP contribution in [0.5, 0.6) is 11.5 Å². The average Bonchev–Trinajstić information content (AvgIpc) is 2.76. The second-order valence-electron chi connectivity index (χ2n) is 5.70. The van der Waals surface area contributed by atoms with Crippen LogP contribution in [-0.2, 0) is 9.53 Å². The van der Waals surface area contributed by atoms with E-state index in [1.807, 2.05) is 56.3 Å². The molecule has 5 nitrogen and oxygen atoms in total. The fraction of sp³-hybridized carbons (Fsp3) is 0.167. The van der Waals surface area contributed by atoms with Crippen molar-refractivity contribution in [2.24, 2.45) is 0 Å². The highest BCUT2D eigenvalue weighted by molar-refractivity contribution is 5.91. The van der Waals surface area contributed by atoms with Gasteiger partial charge in [-0.3, -0.25) is 4.79 Å². The Balaban J connectivity index is 0.00000145. The second kappa shape index (κ2) is 11.3. The van der Waals surface area contributed by atoms with Crippen molar-refractivity contribution in [1.82, 2.24) is 0 Å². The molecule has 29 heavy (non-hydrogen) atoms. The molecule has 0 atom stereocenters. The first-order chi connectivity index (χ1) is 14.1. The van der Waals surface area contributed by atoms with Crippen molar-refractivity contribution in [3.63, 3.8) is 0 Å². The van der Waals surface area contributed by atoms with E-state index < -0.39 is 11.9 Å². The molecule has 0 bridgehead atoms. The van der Waals surface area contributed by atoms with E-state index in [1.165, 1.54) is 6.92 Å². The Morgan fingerprint density at radius 1 is 0.724 bits per heavy atom. The van der Waals surface area contributed by atoms with Crippen molar-refractivity contribution in [1.29, 1.82) is 0 Å². The Bertz CT molecular complexity index is 900. The minimum absolute atomic E-state index is 0.174. The third-order valence-electron chi connectivity index (χ3n) is 3.75. The molecule has 0 amide bonds. The van der Waals surface area contributed by atoms with E-state index in [0.29, 0.717) is 17.1 Å². The van der Waals surface area contributed by atoms with Gasteiger partial charge in [0, 0.05) is 6.92 Å². The molecule has 0 heterocycles. The minimum atomic E-state index is -0.464. The van der Waals surface area contributed by atoms with E-state index in [9.17, 15) is 9.59 Å². The highest BCUT2D eigenvalue weighted by Gasteiger charge is 2.09. The van der Waals surface area contributed by atoms with Gasteiger partial charge in [-0.2, -0.15) is 0 Å². The summed E-state index contributed by atoms with van der Waals surface area (Å²) in [5.41, 5.74) is 2.53. The van der Waals surface area contributed by atoms with Gasteiger partial charge in [0.2, 0.25) is 6.79 Å². The molecule has 0 spiro atoms. The summed E-state index contributed by atoms with van der Waals surface area (Å²) in [6, 6.07) is 23.7. The van der Waals surface area contributed by atoms with Crippen molar-refractivity contribution in [3.8, 4) is 22.6 Å². The molecular weight excluding hydrogens is 368 g/mol. The Hall–Kier alpha value is -3.60. The van der Waals surface area contributed by atoms with Gasteiger partial charge in [-0.05, 0) is 47.5 Å². The van der Waals surface area contributed by atoms with E-state index in [1.54, 1.807) is 36.4 Å². The lowest BCUT2D eigenvalue weighted by Gasteiger charge is -2.08. The zero-order valence-electron chi connectivity index (χ0n) is 16.8. The van der Waals surface area contributed by atoms with Crippen LogP contribution in [0.3, 0.4) is 0 Å². The molecule has 0 aliphatic carbocycles. The molecule has 0 N–H and O–H groups in total. The number of hydrogen-bond donors (Lipinski definition) is 0. The predicted molar refractivity (Wildman–Crippen MR) is 112 cm³/mol. The summed E-state index contributed by atoms with van der Waals surface area (Å²) in [5.74, 6) is 0.0670. The van der Waals surface area contributed by atoms with Crippen LogP contribution in [0.15, 0.2) is 78.9 Å². The van der Waals surface area contributed by atoms with Gasteiger partial charge in [0.15, 0.2) is 0 Å². The van der Waals surface area contributed by atoms with Gasteiger partial charge in [-0.25, -0.2) is 4.79 Å². The fourth-order valence-corrected chi connectivity index (χ4v) is 2.38. The maximum Gasteiger partial charge on any atom is 0.343 e. The third-order valence-corrected chi connectivity index (χ3v) is 3.75. The van der Waals surface area contributed by atoms with E-state index in [0.717, 1.165) is 11.1 Å². The van der Waals surface area contributed by atoms with Crippen molar-refractivity contribution in [2.75, 3.05) is 6.79 Å². The highest BCUT2D eigenvalue weighted by Crippen LogP contribution is 2.23. The first kappa shape index (κ1) is 21.7. The summed E-state index contributed by atoms with van der Waals surface area (Å²) in [4.78, 5) is 22.9. The highest BCUT2D eigenvalue weighted by atomic mass is 16.7. The molecule has 0 aromatic heterocycles. The first-order valence-electron chi connectivity index (χ1n) is 9.36. The van der Waals surface area contributed by atoms with Crippen LogP contribution in [0.2, 0.25) is 0 Å². The number of benzene rings is 3. The minimum Gasteiger partial charge on any atom is -0.457 e. The van der Waals surface area contributed by atoms with E-state index in [4.69, 9.17) is 14.2 Å². The van der Waals surface area contributed by atoms with Crippen LogP contribution in [-0.4, -0.2) is 18.7 Å². The van der Waals surface area contributed by atoms with Gasteiger partial charge in [0.25, 0.3) is 0 Å². The molecular formula is C24H24O5. The molecule has 3 aromatic rings. The van der Waals surface area contributed by atoms with Crippen LogP contribution in [0.25, 0.3) is 11.1 Å². The summed E-state index contributed by atoms with van der Waals surface area (Å²) in [5, 5.41) is 0. The number of hydrogen-bond acceptors (Lipinski definition) is 5. The van der Waals surface area contributed by atoms with E-state index in [-0.39, 0.29) is 6.79 Å². The number of carbonyl (C=O) groups is 2. The Labute approximate surface area is 170 Å². The zero-order chi connectivity index (χ0) is 21.1. The average molecular weight is 392 g/mol. The molecule has 150 valence electrons. The van der Waals surface area contributed by atoms with Crippen LogP contribution in [0, 0.1) is 0 Å². The quantitative estimate of drug-likeness (QED) is 0.315. The molecule has 0 aliphatic rings. The van der Waals surface area contributed by atoms with Gasteiger partial charge in [-0.1, -0.05) is 56.3 Å². The largest absolute Gasteiger partial charge is 0.457 e. The van der Waals surface area contributed by atoms with E-state index in [2.05, 4.69) is 0 Å². The van der Waals surface area contributed by atoms with Crippen LogP contribution in [0.1, 0.15) is 31.1 Å². The van der Waals surface area contributed by atoms with Crippen molar-refractivity contribution >= 4 is 11.9 Å². The Kier molecular flexibility index (Phi) is 8.45. The molecule has 0 saturated carbocycles. The molecule has 0 fully saturated rings. The summed E-state index contributed by atoms with van der Waals surface area (Å²) in [6.07, 6.45) is 0. The third kappa shape index (κ3) is 6.81. The Morgan fingerprint density at radius 2 is 1.28 bits per heavy atom. The smallest absolute Gasteiger partial charge is 0.343 e. The zero-order valence-corrected chi connectivity index (χ0v) is 16.8. The van der Waals surface area contributed by atoms with E-state index >= 15 is 0 Å². The molecule has 0 saturated heterocycles. The second-order valence-corrected chi connectivity index (χ2v) is 5.70. The van der Waals surface area contributed by atoms with Crippen molar-refractivity contribution in [3.05, 3.63) is 84.4 Å². The van der Waals surface area contributed by atoms with Crippen molar-refractivity contribution < 1.29 is 23.8 Å². The fourth-order valence-electron chi connectivity index (χ4n) is 2.38. The maximum absolute atomic E-state index is 12.3. The number of ether oxygens (including phenoxy) is 3. The summed E-state index contributed by atoms with van der Waals surface area (Å²) in [6.45, 7) is 5.13. The van der Waals surface area contributed by atoms with Crippen LogP contribution in [0.4, 0.5) is 0 Å². The summed E-state index contributed by atoms with van der Waals surface area (Å²) >= 11 is 0. The SMILES string of the molecule is CC.CC(=O)OCOc1ccc(C(=O)Oc2ccc(-c3ccccc3)cc2)cc1. The number of carbonyl (C=O) groups excluding carboxylic acids is 2. The number of esters is 2. The maximum atomic E-state index is 12.3. The Morgan fingerprint density at radius 3 is 1.86 bits per heavy atom. The molecule has 0 radical (unpaired) electrons. The molecule has 3 rings (SSSR count). The summed E-state index contributed by atoms with van der Waals surface area (Å²) < 4.78 is 15.3. The molecule has 0 aliphatic heterocycles. The van der Waals surface area contributed by atoms with Crippen LogP contribution >= 0.6 is 0 Å². The predicted octanol–water partition coefficient (Wildman–Crippen LogP) is 5.50. The monoisotopic (exact) mass is 392 g/mol. The lowest BCUT2D eigenvalue weighted by Crippen LogP contribution is -2.09.